The van der Waals surface area contributed by atoms with Crippen molar-refractivity contribution < 1.29 is 5.11 Å². The highest BCUT2D eigenvalue weighted by atomic mass is 16.3. The van der Waals surface area contributed by atoms with Crippen molar-refractivity contribution in [3.8, 4) is 6.07 Å². The van der Waals surface area contributed by atoms with Crippen LogP contribution in [0.25, 0.3) is 0 Å². The Morgan fingerprint density at radius 1 is 1.21 bits per heavy atom. The van der Waals surface area contributed by atoms with Gasteiger partial charge in [-0.25, -0.2) is 4.68 Å². The van der Waals surface area contributed by atoms with Crippen molar-refractivity contribution in [2.45, 2.75) is 25.8 Å². The van der Waals surface area contributed by atoms with Crippen molar-refractivity contribution in [3.05, 3.63) is 47.3 Å². The molecule has 0 aliphatic heterocycles. The zero-order chi connectivity index (χ0) is 13.5. The zero-order valence-electron chi connectivity index (χ0n) is 10.7. The van der Waals surface area contributed by atoms with Crippen LogP contribution in [0.2, 0.25) is 0 Å². The highest BCUT2D eigenvalue weighted by Crippen LogP contribution is 2.10. The highest BCUT2D eigenvalue weighted by molar-refractivity contribution is 5.26. The van der Waals surface area contributed by atoms with Crippen LogP contribution in [0.5, 0.6) is 0 Å². The SMILES string of the molecule is N#Cc1nnn(CCCO)c1CCc1ccccc1. The van der Waals surface area contributed by atoms with E-state index in [0.29, 0.717) is 18.7 Å². The lowest BCUT2D eigenvalue weighted by molar-refractivity contribution is 0.275. The molecule has 0 spiro atoms. The third kappa shape index (κ3) is 3.39. The molecule has 2 aromatic rings. The maximum Gasteiger partial charge on any atom is 0.185 e. The number of aromatic nitrogens is 3. The molecule has 5 nitrogen and oxygen atoms in total. The molecule has 1 heterocycles. The largest absolute Gasteiger partial charge is 0.396 e. The molecule has 0 atom stereocenters. The lowest BCUT2D eigenvalue weighted by Gasteiger charge is -2.05. The maximum absolute atomic E-state index is 9.04. The zero-order valence-corrected chi connectivity index (χ0v) is 10.7. The van der Waals surface area contributed by atoms with E-state index < -0.39 is 0 Å². The van der Waals surface area contributed by atoms with E-state index in [0.717, 1.165) is 18.5 Å². The van der Waals surface area contributed by atoms with E-state index in [-0.39, 0.29) is 6.61 Å². The van der Waals surface area contributed by atoms with Gasteiger partial charge in [0.25, 0.3) is 0 Å². The van der Waals surface area contributed by atoms with Crippen LogP contribution in [0.3, 0.4) is 0 Å². The van der Waals surface area contributed by atoms with Gasteiger partial charge in [-0.1, -0.05) is 35.5 Å². The highest BCUT2D eigenvalue weighted by Gasteiger charge is 2.12. The molecule has 0 saturated carbocycles. The molecule has 0 amide bonds. The molecular weight excluding hydrogens is 240 g/mol. The molecule has 0 saturated heterocycles. The number of aliphatic hydroxyl groups is 1. The second-order valence-corrected chi connectivity index (χ2v) is 4.28. The molecule has 0 bridgehead atoms. The van der Waals surface area contributed by atoms with E-state index in [9.17, 15) is 0 Å². The smallest absolute Gasteiger partial charge is 0.185 e. The van der Waals surface area contributed by atoms with Gasteiger partial charge in [-0.2, -0.15) is 5.26 Å². The molecule has 0 aliphatic rings. The summed E-state index contributed by atoms with van der Waals surface area (Å²) in [5.74, 6) is 0. The van der Waals surface area contributed by atoms with Crippen molar-refractivity contribution in [2.75, 3.05) is 6.61 Å². The van der Waals surface area contributed by atoms with Crippen LogP contribution in [0.15, 0.2) is 30.3 Å². The van der Waals surface area contributed by atoms with Gasteiger partial charge in [-0.05, 0) is 24.8 Å². The van der Waals surface area contributed by atoms with Crippen LogP contribution in [0.1, 0.15) is 23.4 Å². The summed E-state index contributed by atoms with van der Waals surface area (Å²) in [6.45, 7) is 0.704. The number of hydrogen-bond donors (Lipinski definition) is 1. The summed E-state index contributed by atoms with van der Waals surface area (Å²) in [5.41, 5.74) is 2.45. The Morgan fingerprint density at radius 3 is 2.68 bits per heavy atom. The molecule has 0 radical (unpaired) electrons. The molecule has 1 aromatic carbocycles. The monoisotopic (exact) mass is 256 g/mol. The normalized spacial score (nSPS) is 10.3. The van der Waals surface area contributed by atoms with E-state index >= 15 is 0 Å². The van der Waals surface area contributed by atoms with Gasteiger partial charge >= 0.3 is 0 Å². The number of aliphatic hydroxyl groups excluding tert-OH is 1. The molecular formula is C14H16N4O. The quantitative estimate of drug-likeness (QED) is 0.845. The van der Waals surface area contributed by atoms with E-state index in [1.54, 1.807) is 4.68 Å². The lowest BCUT2D eigenvalue weighted by Crippen LogP contribution is -2.08. The van der Waals surface area contributed by atoms with Gasteiger partial charge in [-0.15, -0.1) is 5.10 Å². The van der Waals surface area contributed by atoms with E-state index in [1.807, 2.05) is 18.2 Å². The number of hydrogen-bond acceptors (Lipinski definition) is 4. The van der Waals surface area contributed by atoms with Crippen molar-refractivity contribution in [3.63, 3.8) is 0 Å². The average Bonchev–Trinajstić information content (AvgIpc) is 2.86. The number of nitriles is 1. The van der Waals surface area contributed by atoms with Gasteiger partial charge < -0.3 is 5.11 Å². The van der Waals surface area contributed by atoms with Crippen LogP contribution in [-0.2, 0) is 19.4 Å². The van der Waals surface area contributed by atoms with Gasteiger partial charge in [0, 0.05) is 13.2 Å². The van der Waals surface area contributed by atoms with E-state index in [4.69, 9.17) is 10.4 Å². The Hall–Kier alpha value is -2.19. The number of aryl methyl sites for hydroxylation is 2. The van der Waals surface area contributed by atoms with Gasteiger partial charge in [0.05, 0.1) is 5.69 Å². The second kappa shape index (κ2) is 6.66. The summed E-state index contributed by atoms with van der Waals surface area (Å²) in [5, 5.41) is 25.7. The third-order valence-electron chi connectivity index (χ3n) is 2.96. The van der Waals surface area contributed by atoms with Crippen LogP contribution in [-0.4, -0.2) is 26.7 Å². The molecule has 1 aromatic heterocycles. The van der Waals surface area contributed by atoms with Crippen LogP contribution >= 0.6 is 0 Å². The van der Waals surface area contributed by atoms with Crippen LogP contribution in [0.4, 0.5) is 0 Å². The Bertz CT molecular complexity index is 557. The molecule has 0 fully saturated rings. The van der Waals surface area contributed by atoms with Crippen molar-refractivity contribution in [1.29, 1.82) is 5.26 Å². The first-order chi connectivity index (χ1) is 9.35. The summed E-state index contributed by atoms with van der Waals surface area (Å²) < 4.78 is 1.72. The van der Waals surface area contributed by atoms with Crippen LogP contribution < -0.4 is 0 Å². The summed E-state index contributed by atoms with van der Waals surface area (Å²) >= 11 is 0. The first kappa shape index (κ1) is 13.2. The molecule has 1 N–H and O–H groups in total. The van der Waals surface area contributed by atoms with Crippen molar-refractivity contribution in [1.82, 2.24) is 15.0 Å². The molecule has 0 aliphatic carbocycles. The van der Waals surface area contributed by atoms with Gasteiger partial charge in [0.1, 0.15) is 6.07 Å². The molecule has 5 heteroatoms. The Labute approximate surface area is 112 Å². The topological polar surface area (TPSA) is 74.7 Å². The Balaban J connectivity index is 2.09. The molecule has 98 valence electrons. The standard InChI is InChI=1S/C14H16N4O/c15-11-13-14(18(17-16-13)9-4-10-19)8-7-12-5-2-1-3-6-12/h1-3,5-6,19H,4,7-10H2. The molecule has 2 rings (SSSR count). The summed E-state index contributed by atoms with van der Waals surface area (Å²) in [6, 6.07) is 12.2. The molecule has 0 unspecified atom stereocenters. The van der Waals surface area contributed by atoms with Crippen LogP contribution in [0, 0.1) is 11.3 Å². The van der Waals surface area contributed by atoms with Crippen molar-refractivity contribution in [2.24, 2.45) is 0 Å². The Morgan fingerprint density at radius 2 is 2.00 bits per heavy atom. The summed E-state index contributed by atoms with van der Waals surface area (Å²) in [4.78, 5) is 0. The van der Waals surface area contributed by atoms with Gasteiger partial charge in [0.15, 0.2) is 5.69 Å². The van der Waals surface area contributed by atoms with Crippen molar-refractivity contribution >= 4 is 0 Å². The number of benzene rings is 1. The van der Waals surface area contributed by atoms with Gasteiger partial charge in [0.2, 0.25) is 0 Å². The fourth-order valence-corrected chi connectivity index (χ4v) is 1.97. The second-order valence-electron chi connectivity index (χ2n) is 4.28. The minimum absolute atomic E-state index is 0.111. The fourth-order valence-electron chi connectivity index (χ4n) is 1.97. The van der Waals surface area contributed by atoms with Gasteiger partial charge in [-0.3, -0.25) is 0 Å². The minimum Gasteiger partial charge on any atom is -0.396 e. The van der Waals surface area contributed by atoms with E-state index in [2.05, 4.69) is 28.5 Å². The predicted molar refractivity (Wildman–Crippen MR) is 70.3 cm³/mol. The maximum atomic E-state index is 9.04. The lowest BCUT2D eigenvalue weighted by atomic mass is 10.1. The Kier molecular flexibility index (Phi) is 4.65. The summed E-state index contributed by atoms with van der Waals surface area (Å²) in [6.07, 6.45) is 2.19. The average molecular weight is 256 g/mol. The first-order valence-electron chi connectivity index (χ1n) is 6.32. The summed E-state index contributed by atoms with van der Waals surface area (Å²) in [7, 11) is 0. The fraction of sp³-hybridized carbons (Fsp3) is 0.357. The van der Waals surface area contributed by atoms with E-state index in [1.165, 1.54) is 5.56 Å². The molecule has 19 heavy (non-hydrogen) atoms. The predicted octanol–water partition coefficient (Wildman–Crippen LogP) is 1.32. The number of rotatable bonds is 6. The third-order valence-corrected chi connectivity index (χ3v) is 2.96. The minimum atomic E-state index is 0.111. The number of nitrogens with zero attached hydrogens (tertiary/aromatic N) is 4. The first-order valence-corrected chi connectivity index (χ1v) is 6.32.